The van der Waals surface area contributed by atoms with Crippen LogP contribution in [0.25, 0.3) is 0 Å². The summed E-state index contributed by atoms with van der Waals surface area (Å²) in [4.78, 5) is 11.1. The second-order valence-electron chi connectivity index (χ2n) is 3.42. The second-order valence-corrected chi connectivity index (χ2v) is 3.42. The fourth-order valence-electron chi connectivity index (χ4n) is 1.49. The first-order valence-electron chi connectivity index (χ1n) is 5.21. The largest absolute Gasteiger partial charge is 0.464 e. The van der Waals surface area contributed by atoms with Crippen LogP contribution in [0.1, 0.15) is 18.4 Å². The minimum Gasteiger partial charge on any atom is -0.464 e. The van der Waals surface area contributed by atoms with Crippen molar-refractivity contribution in [1.82, 2.24) is 0 Å². The number of alkyl halides is 3. The van der Waals surface area contributed by atoms with Crippen LogP contribution in [-0.4, -0.2) is 25.2 Å². The van der Waals surface area contributed by atoms with Crippen LogP contribution < -0.4 is 0 Å². The van der Waals surface area contributed by atoms with E-state index in [1.165, 1.54) is 31.2 Å². The fourth-order valence-corrected chi connectivity index (χ4v) is 1.49. The smallest absolute Gasteiger partial charge is 0.341 e. The molecule has 0 bridgehead atoms. The highest BCUT2D eigenvalue weighted by atomic mass is 19.3. The Kier molecular flexibility index (Phi) is 5.00. The quantitative estimate of drug-likeness (QED) is 0.747. The molecule has 1 rings (SSSR count). The number of esters is 1. The van der Waals surface area contributed by atoms with Gasteiger partial charge in [-0.15, -0.1) is 0 Å². The first-order valence-corrected chi connectivity index (χ1v) is 5.21. The number of rotatable bonds is 5. The SMILES string of the molecule is CCOC(=O)C(F)C(c1ccccc1)C(F)F. The average molecular weight is 246 g/mol. The maximum absolute atomic E-state index is 13.6. The molecule has 0 amide bonds. The molecule has 2 atom stereocenters. The molecule has 2 nitrogen and oxygen atoms in total. The molecule has 0 aliphatic carbocycles. The second kappa shape index (κ2) is 6.27. The molecule has 1 aromatic rings. The van der Waals surface area contributed by atoms with E-state index in [1.807, 2.05) is 0 Å². The van der Waals surface area contributed by atoms with Crippen molar-refractivity contribution in [3.05, 3.63) is 35.9 Å². The van der Waals surface area contributed by atoms with Gasteiger partial charge in [-0.1, -0.05) is 30.3 Å². The van der Waals surface area contributed by atoms with Gasteiger partial charge < -0.3 is 4.74 Å². The third-order valence-corrected chi connectivity index (χ3v) is 2.28. The molecular weight excluding hydrogens is 233 g/mol. The van der Waals surface area contributed by atoms with Gasteiger partial charge in [-0.25, -0.2) is 18.0 Å². The fraction of sp³-hybridized carbons (Fsp3) is 0.417. The standard InChI is InChI=1S/C12H13F3O2/c1-2-17-12(16)10(13)9(11(14)15)8-6-4-3-5-7-8/h3-7,9-11H,2H2,1H3. The maximum atomic E-state index is 13.6. The van der Waals surface area contributed by atoms with Crippen molar-refractivity contribution in [2.45, 2.75) is 25.4 Å². The normalized spacial score (nSPS) is 14.4. The van der Waals surface area contributed by atoms with Crippen LogP contribution in [-0.2, 0) is 9.53 Å². The summed E-state index contributed by atoms with van der Waals surface area (Å²) in [6.45, 7) is 1.45. The van der Waals surface area contributed by atoms with Gasteiger partial charge in [-0.2, -0.15) is 0 Å². The Labute approximate surface area is 97.4 Å². The van der Waals surface area contributed by atoms with E-state index in [0.717, 1.165) is 0 Å². The number of ether oxygens (including phenoxy) is 1. The molecule has 94 valence electrons. The summed E-state index contributed by atoms with van der Waals surface area (Å²) in [7, 11) is 0. The zero-order valence-electron chi connectivity index (χ0n) is 9.28. The summed E-state index contributed by atoms with van der Waals surface area (Å²) >= 11 is 0. The molecular formula is C12H13F3O2. The van der Waals surface area contributed by atoms with Gasteiger partial charge in [-0.05, 0) is 12.5 Å². The van der Waals surface area contributed by atoms with Gasteiger partial charge in [0.25, 0.3) is 0 Å². The van der Waals surface area contributed by atoms with Crippen molar-refractivity contribution in [1.29, 1.82) is 0 Å². The monoisotopic (exact) mass is 246 g/mol. The number of hydrogen-bond donors (Lipinski definition) is 0. The zero-order valence-corrected chi connectivity index (χ0v) is 9.28. The number of carbonyl (C=O) groups is 1. The Morgan fingerprint density at radius 2 is 1.82 bits per heavy atom. The zero-order chi connectivity index (χ0) is 12.8. The molecule has 0 aromatic heterocycles. The number of benzene rings is 1. The first-order chi connectivity index (χ1) is 8.07. The topological polar surface area (TPSA) is 26.3 Å². The van der Waals surface area contributed by atoms with E-state index in [9.17, 15) is 18.0 Å². The highest BCUT2D eigenvalue weighted by Gasteiger charge is 2.37. The predicted octanol–water partition coefficient (Wildman–Crippen LogP) is 2.94. The van der Waals surface area contributed by atoms with E-state index in [-0.39, 0.29) is 12.2 Å². The van der Waals surface area contributed by atoms with Crippen LogP contribution in [0.4, 0.5) is 13.2 Å². The van der Waals surface area contributed by atoms with Crippen LogP contribution in [0.3, 0.4) is 0 Å². The minimum atomic E-state index is -2.96. The van der Waals surface area contributed by atoms with Crippen molar-refractivity contribution in [2.75, 3.05) is 6.61 Å². The summed E-state index contributed by atoms with van der Waals surface area (Å²) in [5, 5.41) is 0. The molecule has 0 aliphatic rings. The van der Waals surface area contributed by atoms with E-state index in [1.54, 1.807) is 6.07 Å². The molecule has 0 aliphatic heterocycles. The molecule has 0 spiro atoms. The summed E-state index contributed by atoms with van der Waals surface area (Å²) in [6.07, 6.45) is -5.31. The van der Waals surface area contributed by atoms with Crippen molar-refractivity contribution >= 4 is 5.97 Å². The first kappa shape index (κ1) is 13.5. The number of halogens is 3. The van der Waals surface area contributed by atoms with E-state index in [2.05, 4.69) is 4.74 Å². The Morgan fingerprint density at radius 3 is 2.29 bits per heavy atom. The third kappa shape index (κ3) is 3.47. The number of carbonyl (C=O) groups excluding carboxylic acids is 1. The highest BCUT2D eigenvalue weighted by Crippen LogP contribution is 2.29. The summed E-state index contributed by atoms with van der Waals surface area (Å²) in [5.74, 6) is -3.03. The van der Waals surface area contributed by atoms with Crippen LogP contribution in [0.2, 0.25) is 0 Å². The number of hydrogen-bond acceptors (Lipinski definition) is 2. The minimum absolute atomic E-state index is 0.0377. The van der Waals surface area contributed by atoms with E-state index in [0.29, 0.717) is 0 Å². The molecule has 1 aromatic carbocycles. The van der Waals surface area contributed by atoms with Crippen molar-refractivity contribution in [2.24, 2.45) is 0 Å². The molecule has 0 radical (unpaired) electrons. The van der Waals surface area contributed by atoms with Crippen LogP contribution in [0.5, 0.6) is 0 Å². The lowest BCUT2D eigenvalue weighted by Crippen LogP contribution is -2.30. The van der Waals surface area contributed by atoms with Gasteiger partial charge in [0.1, 0.15) is 0 Å². The third-order valence-electron chi connectivity index (χ3n) is 2.28. The maximum Gasteiger partial charge on any atom is 0.341 e. The van der Waals surface area contributed by atoms with Gasteiger partial charge in [-0.3, -0.25) is 0 Å². The molecule has 0 fully saturated rings. The van der Waals surface area contributed by atoms with Gasteiger partial charge >= 0.3 is 5.97 Å². The van der Waals surface area contributed by atoms with Gasteiger partial charge in [0.2, 0.25) is 12.6 Å². The summed E-state index contributed by atoms with van der Waals surface area (Å²) in [6, 6.07) is 7.39. The molecule has 17 heavy (non-hydrogen) atoms. The molecule has 2 unspecified atom stereocenters. The van der Waals surface area contributed by atoms with Crippen molar-refractivity contribution < 1.29 is 22.7 Å². The summed E-state index contributed by atoms with van der Waals surface area (Å²) < 4.78 is 43.6. The van der Waals surface area contributed by atoms with Crippen LogP contribution in [0, 0.1) is 0 Å². The summed E-state index contributed by atoms with van der Waals surface area (Å²) in [5.41, 5.74) is 0.0862. The average Bonchev–Trinajstić information content (AvgIpc) is 2.30. The lowest BCUT2D eigenvalue weighted by Gasteiger charge is -2.19. The molecule has 0 heterocycles. The van der Waals surface area contributed by atoms with E-state index >= 15 is 0 Å². The molecule has 5 heteroatoms. The predicted molar refractivity (Wildman–Crippen MR) is 56.7 cm³/mol. The Morgan fingerprint density at radius 1 is 1.24 bits per heavy atom. The molecule has 0 saturated carbocycles. The molecule has 0 N–H and O–H groups in total. The highest BCUT2D eigenvalue weighted by molar-refractivity contribution is 5.76. The molecule has 0 saturated heterocycles. The lowest BCUT2D eigenvalue weighted by atomic mass is 9.95. The Balaban J connectivity index is 2.90. The van der Waals surface area contributed by atoms with Gasteiger partial charge in [0, 0.05) is 0 Å². The van der Waals surface area contributed by atoms with Crippen molar-refractivity contribution in [3.63, 3.8) is 0 Å². The van der Waals surface area contributed by atoms with E-state index < -0.39 is 24.5 Å². The van der Waals surface area contributed by atoms with E-state index in [4.69, 9.17) is 0 Å². The lowest BCUT2D eigenvalue weighted by molar-refractivity contribution is -0.151. The van der Waals surface area contributed by atoms with Crippen LogP contribution >= 0.6 is 0 Å². The van der Waals surface area contributed by atoms with Crippen LogP contribution in [0.15, 0.2) is 30.3 Å². The van der Waals surface area contributed by atoms with Crippen molar-refractivity contribution in [3.8, 4) is 0 Å². The van der Waals surface area contributed by atoms with Gasteiger partial charge in [0.15, 0.2) is 0 Å². The Bertz CT molecular complexity index is 354. The van der Waals surface area contributed by atoms with Gasteiger partial charge in [0.05, 0.1) is 12.5 Å². The Hall–Kier alpha value is -1.52.